The van der Waals surface area contributed by atoms with E-state index in [1.54, 1.807) is 18.2 Å². The fourth-order valence-corrected chi connectivity index (χ4v) is 6.70. The Morgan fingerprint density at radius 1 is 1.02 bits per heavy atom. The van der Waals surface area contributed by atoms with Crippen LogP contribution < -0.4 is 20.3 Å². The lowest BCUT2D eigenvalue weighted by molar-refractivity contribution is 0.0831. The molecule has 4 N–H and O–H groups in total. The maximum atomic E-state index is 13.6. The van der Waals surface area contributed by atoms with Crippen molar-refractivity contribution in [2.75, 3.05) is 41.6 Å². The molecule has 3 aromatic carbocycles. The number of anilines is 2. The number of hydrogen-bond donors (Lipinski definition) is 4. The van der Waals surface area contributed by atoms with Crippen molar-refractivity contribution in [2.24, 2.45) is 0 Å². The van der Waals surface area contributed by atoms with Gasteiger partial charge in [0.05, 0.1) is 23.6 Å². The molecule has 1 amide bonds. The molecule has 2 atom stereocenters. The molecule has 0 aromatic heterocycles. The minimum absolute atomic E-state index is 0.0936. The van der Waals surface area contributed by atoms with E-state index in [2.05, 4.69) is 16.0 Å². The largest absolute Gasteiger partial charge is 0.390 e. The van der Waals surface area contributed by atoms with Gasteiger partial charge in [-0.15, -0.1) is 0 Å². The number of rotatable bonds is 13. The van der Waals surface area contributed by atoms with Crippen molar-refractivity contribution in [1.29, 1.82) is 0 Å². The van der Waals surface area contributed by atoms with Crippen molar-refractivity contribution >= 4 is 38.9 Å². The second-order valence-electron chi connectivity index (χ2n) is 10.3. The lowest BCUT2D eigenvalue weighted by atomic mass is 10.00. The summed E-state index contributed by atoms with van der Waals surface area (Å²) >= 11 is 5.97. The van der Waals surface area contributed by atoms with Gasteiger partial charge < -0.3 is 21.1 Å². The molecule has 8 nitrogen and oxygen atoms in total. The molecule has 220 valence electrons. The van der Waals surface area contributed by atoms with Crippen LogP contribution in [-0.4, -0.2) is 63.5 Å². The van der Waals surface area contributed by atoms with Gasteiger partial charge in [0, 0.05) is 35.9 Å². The molecule has 41 heavy (non-hydrogen) atoms. The molecule has 0 aliphatic carbocycles. The van der Waals surface area contributed by atoms with E-state index < -0.39 is 22.2 Å². The van der Waals surface area contributed by atoms with Gasteiger partial charge in [0.25, 0.3) is 5.91 Å². The molecular formula is C31H39ClN4O4S. The normalized spacial score (nSPS) is 16.1. The summed E-state index contributed by atoms with van der Waals surface area (Å²) in [6, 6.07) is 21.9. The molecule has 0 bridgehead atoms. The van der Waals surface area contributed by atoms with Gasteiger partial charge in [-0.2, -0.15) is 0 Å². The van der Waals surface area contributed by atoms with Gasteiger partial charge in [0.2, 0.25) is 10.0 Å². The molecule has 1 saturated heterocycles. The van der Waals surface area contributed by atoms with E-state index in [1.807, 2.05) is 61.5 Å². The Morgan fingerprint density at radius 3 is 2.49 bits per heavy atom. The van der Waals surface area contributed by atoms with Gasteiger partial charge in [-0.1, -0.05) is 54.1 Å². The van der Waals surface area contributed by atoms with Gasteiger partial charge in [0.15, 0.2) is 0 Å². The van der Waals surface area contributed by atoms with E-state index in [1.165, 1.54) is 4.31 Å². The van der Waals surface area contributed by atoms with E-state index >= 15 is 0 Å². The maximum absolute atomic E-state index is 13.6. The van der Waals surface area contributed by atoms with Gasteiger partial charge >= 0.3 is 0 Å². The zero-order chi connectivity index (χ0) is 29.2. The van der Waals surface area contributed by atoms with Crippen molar-refractivity contribution in [3.63, 3.8) is 0 Å². The third-order valence-electron chi connectivity index (χ3n) is 7.13. The Kier molecular flexibility index (Phi) is 11.0. The van der Waals surface area contributed by atoms with Crippen molar-refractivity contribution in [1.82, 2.24) is 10.6 Å². The van der Waals surface area contributed by atoms with E-state index in [0.717, 1.165) is 24.0 Å². The number of nitrogens with zero attached hydrogens (tertiary/aromatic N) is 1. The van der Waals surface area contributed by atoms with Crippen LogP contribution in [-0.2, 0) is 22.9 Å². The number of aliphatic hydroxyl groups excluding tert-OH is 1. The average Bonchev–Trinajstić information content (AvgIpc) is 2.96. The van der Waals surface area contributed by atoms with E-state index in [0.29, 0.717) is 61.0 Å². The Labute approximate surface area is 248 Å². The number of amides is 1. The number of benzene rings is 3. The fourth-order valence-electron chi connectivity index (χ4n) is 4.95. The summed E-state index contributed by atoms with van der Waals surface area (Å²) in [6.07, 6.45) is 1.75. The first-order valence-electron chi connectivity index (χ1n) is 14.1. The van der Waals surface area contributed by atoms with E-state index in [9.17, 15) is 18.3 Å². The van der Waals surface area contributed by atoms with Crippen LogP contribution in [0.25, 0.3) is 0 Å². The molecule has 0 unspecified atom stereocenters. The molecule has 0 radical (unpaired) electrons. The average molecular weight is 599 g/mol. The summed E-state index contributed by atoms with van der Waals surface area (Å²) in [7, 11) is -3.44. The predicted octanol–water partition coefficient (Wildman–Crippen LogP) is 4.24. The Bertz CT molecular complexity index is 1390. The zero-order valence-corrected chi connectivity index (χ0v) is 24.9. The lowest BCUT2D eigenvalue weighted by Crippen LogP contribution is -2.49. The predicted molar refractivity (Wildman–Crippen MR) is 166 cm³/mol. The standard InChI is InChI=1S/C31H39ClN4O4S/c1-2-34-27-19-25(20-28(21-27)36-16-6-7-17-41(36,39)40)31(38)35-29(18-24-8-4-3-5-9-24)30(37)22-33-15-14-23-10-12-26(32)13-11-23/h3-5,8-13,19-21,29-30,33-34,37H,2,6-7,14-18,22H2,1H3,(H,35,38)/t29-,30+/m0/s1. The van der Waals surface area contributed by atoms with Gasteiger partial charge in [-0.3, -0.25) is 9.10 Å². The van der Waals surface area contributed by atoms with Gasteiger partial charge in [0.1, 0.15) is 0 Å². The Hall–Kier alpha value is -3.11. The molecule has 3 aromatic rings. The molecule has 0 spiro atoms. The van der Waals surface area contributed by atoms with E-state index in [-0.39, 0.29) is 11.7 Å². The highest BCUT2D eigenvalue weighted by molar-refractivity contribution is 7.92. The minimum Gasteiger partial charge on any atom is -0.390 e. The molecule has 1 heterocycles. The third-order valence-corrected chi connectivity index (χ3v) is 9.26. The summed E-state index contributed by atoms with van der Waals surface area (Å²) in [5, 5.41) is 21.4. The van der Waals surface area contributed by atoms with Crippen LogP contribution in [0.4, 0.5) is 11.4 Å². The van der Waals surface area contributed by atoms with Crippen LogP contribution in [0.3, 0.4) is 0 Å². The Balaban J connectivity index is 1.49. The summed E-state index contributed by atoms with van der Waals surface area (Å²) in [6.45, 7) is 3.89. The molecule has 1 fully saturated rings. The quantitative estimate of drug-likeness (QED) is 0.219. The lowest BCUT2D eigenvalue weighted by Gasteiger charge is -2.29. The van der Waals surface area contributed by atoms with Crippen molar-refractivity contribution < 1.29 is 18.3 Å². The number of carbonyl (C=O) groups excluding carboxylic acids is 1. The van der Waals surface area contributed by atoms with Crippen LogP contribution in [0.5, 0.6) is 0 Å². The monoisotopic (exact) mass is 598 g/mol. The minimum atomic E-state index is -3.44. The first-order chi connectivity index (χ1) is 19.7. The number of aliphatic hydroxyl groups is 1. The van der Waals surface area contributed by atoms with Crippen LogP contribution in [0, 0.1) is 0 Å². The summed E-state index contributed by atoms with van der Waals surface area (Å²) < 4.78 is 27.0. The van der Waals surface area contributed by atoms with Crippen molar-refractivity contribution in [2.45, 2.75) is 44.8 Å². The number of halogens is 1. The number of nitrogens with one attached hydrogen (secondary N) is 3. The second kappa shape index (κ2) is 14.7. The van der Waals surface area contributed by atoms with E-state index in [4.69, 9.17) is 11.6 Å². The van der Waals surface area contributed by atoms with Crippen LogP contribution in [0.2, 0.25) is 5.02 Å². The second-order valence-corrected chi connectivity index (χ2v) is 12.8. The molecule has 4 rings (SSSR count). The first-order valence-corrected chi connectivity index (χ1v) is 16.1. The summed E-state index contributed by atoms with van der Waals surface area (Å²) in [5.41, 5.74) is 3.59. The van der Waals surface area contributed by atoms with Crippen LogP contribution >= 0.6 is 11.6 Å². The summed E-state index contributed by atoms with van der Waals surface area (Å²) in [4.78, 5) is 13.6. The fraction of sp³-hybridized carbons (Fsp3) is 0.387. The van der Waals surface area contributed by atoms with Crippen molar-refractivity contribution in [3.05, 3.63) is 94.5 Å². The Morgan fingerprint density at radius 2 is 1.78 bits per heavy atom. The van der Waals surface area contributed by atoms with Gasteiger partial charge in [-0.25, -0.2) is 8.42 Å². The van der Waals surface area contributed by atoms with Crippen LogP contribution in [0.1, 0.15) is 41.3 Å². The SMILES string of the molecule is CCNc1cc(C(=O)N[C@@H](Cc2ccccc2)[C@H](O)CNCCc2ccc(Cl)cc2)cc(N2CCCCS2(=O)=O)c1. The van der Waals surface area contributed by atoms with Gasteiger partial charge in [-0.05, 0) is 80.6 Å². The third kappa shape index (κ3) is 8.94. The summed E-state index contributed by atoms with van der Waals surface area (Å²) in [5.74, 6) is -0.280. The highest BCUT2D eigenvalue weighted by Gasteiger charge is 2.28. The number of sulfonamides is 1. The topological polar surface area (TPSA) is 111 Å². The number of hydrogen-bond acceptors (Lipinski definition) is 6. The highest BCUT2D eigenvalue weighted by atomic mass is 35.5. The van der Waals surface area contributed by atoms with Crippen molar-refractivity contribution in [3.8, 4) is 0 Å². The number of carbonyl (C=O) groups is 1. The molecule has 0 saturated carbocycles. The zero-order valence-electron chi connectivity index (χ0n) is 23.4. The van der Waals surface area contributed by atoms with Crippen LogP contribution in [0.15, 0.2) is 72.8 Å². The molecule has 1 aliphatic heterocycles. The first kappa shape index (κ1) is 30.8. The highest BCUT2D eigenvalue weighted by Crippen LogP contribution is 2.28. The molecule has 10 heteroatoms. The smallest absolute Gasteiger partial charge is 0.251 e. The maximum Gasteiger partial charge on any atom is 0.251 e. The molecule has 1 aliphatic rings. The molecular weight excluding hydrogens is 560 g/mol.